The van der Waals surface area contributed by atoms with E-state index in [0.717, 1.165) is 18.7 Å². The summed E-state index contributed by atoms with van der Waals surface area (Å²) in [6.07, 6.45) is 0. The van der Waals surface area contributed by atoms with Crippen molar-refractivity contribution < 1.29 is 9.18 Å². The molecule has 0 bridgehead atoms. The van der Waals surface area contributed by atoms with Crippen LogP contribution in [0.25, 0.3) is 0 Å². The molecule has 2 aromatic rings. The van der Waals surface area contributed by atoms with Crippen LogP contribution in [0.4, 0.5) is 10.1 Å². The van der Waals surface area contributed by atoms with E-state index in [-0.39, 0.29) is 11.6 Å². The van der Waals surface area contributed by atoms with Crippen molar-refractivity contribution >= 4 is 27.5 Å². The van der Waals surface area contributed by atoms with Crippen molar-refractivity contribution in [3.05, 3.63) is 63.4 Å². The fraction of sp³-hybridized carbons (Fsp3) is 0.133. The molecule has 0 aliphatic carbocycles. The molecule has 3 nitrogen and oxygen atoms in total. The Labute approximate surface area is 124 Å². The molecule has 0 aromatic heterocycles. The zero-order valence-corrected chi connectivity index (χ0v) is 12.1. The van der Waals surface area contributed by atoms with Crippen LogP contribution in [-0.2, 0) is 13.1 Å². The molecule has 5 heteroatoms. The number of carbonyl (C=O) groups excluding carboxylic acids is 1. The quantitative estimate of drug-likeness (QED) is 0.883. The maximum atomic E-state index is 13.7. The predicted molar refractivity (Wildman–Crippen MR) is 79.0 cm³/mol. The minimum absolute atomic E-state index is 0.178. The molecule has 0 saturated carbocycles. The number of hydrogen-bond donors (Lipinski definition) is 2. The maximum absolute atomic E-state index is 13.7. The monoisotopic (exact) mass is 334 g/mol. The Morgan fingerprint density at radius 2 is 1.95 bits per heavy atom. The molecule has 0 unspecified atom stereocenters. The number of benzene rings is 2. The third-order valence-corrected chi connectivity index (χ3v) is 3.77. The van der Waals surface area contributed by atoms with Gasteiger partial charge in [-0.25, -0.2) is 4.39 Å². The molecule has 0 fully saturated rings. The second-order valence-corrected chi connectivity index (χ2v) is 5.58. The van der Waals surface area contributed by atoms with Crippen molar-refractivity contribution in [2.75, 3.05) is 5.32 Å². The van der Waals surface area contributed by atoms with E-state index in [1.165, 1.54) is 17.7 Å². The molecular formula is C15H12BrFN2O. The lowest BCUT2D eigenvalue weighted by Gasteiger charge is -2.08. The predicted octanol–water partition coefficient (Wildman–Crippen LogP) is 3.44. The summed E-state index contributed by atoms with van der Waals surface area (Å²) in [6.45, 7) is 1.60. The van der Waals surface area contributed by atoms with Gasteiger partial charge < -0.3 is 10.6 Å². The highest BCUT2D eigenvalue weighted by molar-refractivity contribution is 9.10. The van der Waals surface area contributed by atoms with Gasteiger partial charge in [-0.1, -0.05) is 22.0 Å². The van der Waals surface area contributed by atoms with Crippen molar-refractivity contribution in [1.29, 1.82) is 0 Å². The highest BCUT2D eigenvalue weighted by Gasteiger charge is 2.14. The van der Waals surface area contributed by atoms with Crippen LogP contribution in [0.5, 0.6) is 0 Å². The van der Waals surface area contributed by atoms with E-state index in [1.807, 2.05) is 12.1 Å². The van der Waals surface area contributed by atoms with Gasteiger partial charge in [0.1, 0.15) is 5.82 Å². The second kappa shape index (κ2) is 5.34. The lowest BCUT2D eigenvalue weighted by molar-refractivity contribution is 0.102. The number of nitrogens with one attached hydrogen (secondary N) is 2. The first-order valence-corrected chi connectivity index (χ1v) is 7.02. The zero-order valence-electron chi connectivity index (χ0n) is 10.5. The zero-order chi connectivity index (χ0) is 14.1. The number of hydrogen-bond acceptors (Lipinski definition) is 2. The van der Waals surface area contributed by atoms with Gasteiger partial charge in [0.05, 0.1) is 5.69 Å². The Kier molecular flexibility index (Phi) is 3.54. The van der Waals surface area contributed by atoms with E-state index in [4.69, 9.17) is 0 Å². The molecule has 3 rings (SSSR count). The molecule has 0 spiro atoms. The normalized spacial score (nSPS) is 13.1. The third-order valence-electron chi connectivity index (χ3n) is 3.28. The summed E-state index contributed by atoms with van der Waals surface area (Å²) in [5, 5.41) is 5.81. The maximum Gasteiger partial charge on any atom is 0.255 e. The lowest BCUT2D eigenvalue weighted by Crippen LogP contribution is -2.13. The molecule has 2 aromatic carbocycles. The topological polar surface area (TPSA) is 41.1 Å². The van der Waals surface area contributed by atoms with Gasteiger partial charge in [0.2, 0.25) is 0 Å². The average molecular weight is 335 g/mol. The molecular weight excluding hydrogens is 323 g/mol. The Morgan fingerprint density at radius 3 is 2.75 bits per heavy atom. The summed E-state index contributed by atoms with van der Waals surface area (Å²) in [5.41, 5.74) is 3.04. The molecule has 2 N–H and O–H groups in total. The highest BCUT2D eigenvalue weighted by Crippen LogP contribution is 2.21. The lowest BCUT2D eigenvalue weighted by atomic mass is 10.1. The van der Waals surface area contributed by atoms with Crippen LogP contribution in [-0.4, -0.2) is 5.91 Å². The Bertz CT molecular complexity index is 688. The van der Waals surface area contributed by atoms with Crippen molar-refractivity contribution in [3.8, 4) is 0 Å². The average Bonchev–Trinajstić information content (AvgIpc) is 2.89. The number of rotatable bonds is 2. The first kappa shape index (κ1) is 13.3. The number of fused-ring (bicyclic) bond motifs is 1. The van der Waals surface area contributed by atoms with E-state index in [1.54, 1.807) is 12.1 Å². The number of anilines is 1. The smallest absolute Gasteiger partial charge is 0.255 e. The standard InChI is InChI=1S/C15H12BrFN2O/c16-12-3-4-14(13(17)6-12)19-15(20)9-1-2-10-7-18-8-11(10)5-9/h1-6,18H,7-8H2,(H,19,20). The van der Waals surface area contributed by atoms with Gasteiger partial charge >= 0.3 is 0 Å². The first-order valence-electron chi connectivity index (χ1n) is 6.22. The van der Waals surface area contributed by atoms with Crippen molar-refractivity contribution in [2.24, 2.45) is 0 Å². The van der Waals surface area contributed by atoms with Crippen LogP contribution in [0.1, 0.15) is 21.5 Å². The van der Waals surface area contributed by atoms with E-state index >= 15 is 0 Å². The van der Waals surface area contributed by atoms with Crippen molar-refractivity contribution in [2.45, 2.75) is 13.1 Å². The van der Waals surface area contributed by atoms with Crippen molar-refractivity contribution in [3.63, 3.8) is 0 Å². The molecule has 102 valence electrons. The number of amides is 1. The van der Waals surface area contributed by atoms with Gasteiger partial charge in [-0.15, -0.1) is 0 Å². The molecule has 0 saturated heterocycles. The number of halogens is 2. The van der Waals surface area contributed by atoms with E-state index in [2.05, 4.69) is 26.6 Å². The summed E-state index contributed by atoms with van der Waals surface area (Å²) in [6, 6.07) is 10.1. The summed E-state index contributed by atoms with van der Waals surface area (Å²) >= 11 is 3.18. The summed E-state index contributed by atoms with van der Waals surface area (Å²) in [7, 11) is 0. The molecule has 1 heterocycles. The minimum Gasteiger partial charge on any atom is -0.319 e. The molecule has 1 amide bonds. The molecule has 1 aliphatic rings. The highest BCUT2D eigenvalue weighted by atomic mass is 79.9. The fourth-order valence-electron chi connectivity index (χ4n) is 2.22. The number of carbonyl (C=O) groups is 1. The second-order valence-electron chi connectivity index (χ2n) is 4.67. The van der Waals surface area contributed by atoms with Crippen LogP contribution < -0.4 is 10.6 Å². The summed E-state index contributed by atoms with van der Waals surface area (Å²) in [4.78, 5) is 12.1. The summed E-state index contributed by atoms with van der Waals surface area (Å²) in [5.74, 6) is -0.767. The van der Waals surface area contributed by atoms with Crippen molar-refractivity contribution in [1.82, 2.24) is 5.32 Å². The largest absolute Gasteiger partial charge is 0.319 e. The van der Waals surface area contributed by atoms with Crippen LogP contribution in [0, 0.1) is 5.82 Å². The molecule has 0 atom stereocenters. The van der Waals surface area contributed by atoms with E-state index < -0.39 is 5.82 Å². The van der Waals surface area contributed by atoms with Gasteiger partial charge in [0, 0.05) is 23.1 Å². The van der Waals surface area contributed by atoms with Crippen LogP contribution in [0.2, 0.25) is 0 Å². The Hall–Kier alpha value is -1.72. The van der Waals surface area contributed by atoms with Crippen LogP contribution >= 0.6 is 15.9 Å². The SMILES string of the molecule is O=C(Nc1ccc(Br)cc1F)c1ccc2c(c1)CNC2. The van der Waals surface area contributed by atoms with Gasteiger partial charge in [0.15, 0.2) is 0 Å². The Balaban J connectivity index is 1.82. The molecule has 20 heavy (non-hydrogen) atoms. The molecule has 0 radical (unpaired) electrons. The van der Waals surface area contributed by atoms with E-state index in [9.17, 15) is 9.18 Å². The van der Waals surface area contributed by atoms with Gasteiger partial charge in [-0.3, -0.25) is 4.79 Å². The fourth-order valence-corrected chi connectivity index (χ4v) is 2.55. The third kappa shape index (κ3) is 2.59. The van der Waals surface area contributed by atoms with Gasteiger partial charge in [0.25, 0.3) is 5.91 Å². The van der Waals surface area contributed by atoms with Gasteiger partial charge in [-0.05, 0) is 41.5 Å². The first-order chi connectivity index (χ1) is 9.63. The molecule has 1 aliphatic heterocycles. The Morgan fingerprint density at radius 1 is 1.15 bits per heavy atom. The van der Waals surface area contributed by atoms with Gasteiger partial charge in [-0.2, -0.15) is 0 Å². The minimum atomic E-state index is -0.462. The van der Waals surface area contributed by atoms with Crippen LogP contribution in [0.3, 0.4) is 0 Å². The van der Waals surface area contributed by atoms with E-state index in [0.29, 0.717) is 10.0 Å². The summed E-state index contributed by atoms with van der Waals surface area (Å²) < 4.78 is 14.3. The van der Waals surface area contributed by atoms with Crippen LogP contribution in [0.15, 0.2) is 40.9 Å².